The minimum atomic E-state index is -4.05. The number of hydrogen-bond donors (Lipinski definition) is 1. The number of esters is 1. The van der Waals surface area contributed by atoms with E-state index in [9.17, 15) is 13.2 Å². The van der Waals surface area contributed by atoms with Crippen LogP contribution in [0.15, 0.2) is 60.0 Å². The first-order valence-electron chi connectivity index (χ1n) is 7.55. The third kappa shape index (κ3) is 4.34. The monoisotopic (exact) mass is 377 g/mol. The Bertz CT molecular complexity index is 908. The second kappa shape index (κ2) is 8.39. The Labute approximate surface area is 152 Å². The Morgan fingerprint density at radius 3 is 2.54 bits per heavy atom. The molecule has 0 amide bonds. The molecule has 0 aliphatic rings. The summed E-state index contributed by atoms with van der Waals surface area (Å²) in [6, 6.07) is 10.5. The van der Waals surface area contributed by atoms with Gasteiger partial charge in [0.1, 0.15) is 23.0 Å². The lowest BCUT2D eigenvalue weighted by molar-refractivity contribution is 0.0551. The maximum absolute atomic E-state index is 12.8. The minimum absolute atomic E-state index is 0.0175. The van der Waals surface area contributed by atoms with E-state index in [-0.39, 0.29) is 28.5 Å². The summed E-state index contributed by atoms with van der Waals surface area (Å²) < 4.78 is 43.2. The molecule has 2 aromatic carbocycles. The normalized spacial score (nSPS) is 10.7. The van der Waals surface area contributed by atoms with Crippen molar-refractivity contribution in [3.8, 4) is 11.5 Å². The second-order valence-corrected chi connectivity index (χ2v) is 6.71. The number of anilines is 1. The van der Waals surface area contributed by atoms with Gasteiger partial charge < -0.3 is 14.2 Å². The molecule has 138 valence electrons. The summed E-state index contributed by atoms with van der Waals surface area (Å²) in [5.74, 6) is -0.171. The second-order valence-electron chi connectivity index (χ2n) is 5.06. The lowest BCUT2D eigenvalue weighted by atomic mass is 10.2. The number of para-hydroxylation sites is 1. The predicted molar refractivity (Wildman–Crippen MR) is 97.3 cm³/mol. The van der Waals surface area contributed by atoms with E-state index < -0.39 is 16.0 Å². The van der Waals surface area contributed by atoms with Crippen LogP contribution < -0.4 is 14.2 Å². The molecule has 8 heteroatoms. The predicted octanol–water partition coefficient (Wildman–Crippen LogP) is 2.85. The summed E-state index contributed by atoms with van der Waals surface area (Å²) >= 11 is 0. The number of ether oxygens (including phenoxy) is 3. The Kier molecular flexibility index (Phi) is 6.24. The number of nitrogens with one attached hydrogen (secondary N) is 1. The van der Waals surface area contributed by atoms with E-state index in [4.69, 9.17) is 14.2 Å². The van der Waals surface area contributed by atoms with Gasteiger partial charge in [-0.05, 0) is 24.3 Å². The molecule has 2 rings (SSSR count). The van der Waals surface area contributed by atoms with E-state index in [1.165, 1.54) is 44.6 Å². The fraction of sp³-hybridized carbons (Fsp3) is 0.167. The van der Waals surface area contributed by atoms with Gasteiger partial charge in [0.15, 0.2) is 0 Å². The topological polar surface area (TPSA) is 90.9 Å². The van der Waals surface area contributed by atoms with Gasteiger partial charge in [0.25, 0.3) is 10.0 Å². The van der Waals surface area contributed by atoms with Crippen LogP contribution in [0.4, 0.5) is 5.69 Å². The van der Waals surface area contributed by atoms with Crippen molar-refractivity contribution < 1.29 is 27.4 Å². The van der Waals surface area contributed by atoms with Crippen molar-refractivity contribution in [2.75, 3.05) is 25.5 Å². The van der Waals surface area contributed by atoms with Gasteiger partial charge in [-0.3, -0.25) is 4.72 Å². The molecule has 7 nitrogen and oxygen atoms in total. The average molecular weight is 377 g/mol. The van der Waals surface area contributed by atoms with Gasteiger partial charge in [-0.2, -0.15) is 0 Å². The van der Waals surface area contributed by atoms with E-state index in [2.05, 4.69) is 11.3 Å². The summed E-state index contributed by atoms with van der Waals surface area (Å²) in [5, 5.41) is 0. The molecule has 0 aromatic heterocycles. The largest absolute Gasteiger partial charge is 0.497 e. The van der Waals surface area contributed by atoms with Crippen LogP contribution in [0.5, 0.6) is 11.5 Å². The summed E-state index contributed by atoms with van der Waals surface area (Å²) in [6.07, 6.45) is 1.42. The molecule has 26 heavy (non-hydrogen) atoms. The van der Waals surface area contributed by atoms with E-state index in [0.717, 1.165) is 0 Å². The summed E-state index contributed by atoms with van der Waals surface area (Å²) in [5.41, 5.74) is 0.172. The first kappa shape index (κ1) is 19.3. The third-order valence-corrected chi connectivity index (χ3v) is 4.77. The van der Waals surface area contributed by atoms with Crippen LogP contribution in [0.25, 0.3) is 0 Å². The maximum Gasteiger partial charge on any atom is 0.340 e. The Hall–Kier alpha value is -3.00. The average Bonchev–Trinajstić information content (AvgIpc) is 2.65. The zero-order chi connectivity index (χ0) is 19.2. The molecular formula is C18H19NO6S. The summed E-state index contributed by atoms with van der Waals surface area (Å²) in [7, 11) is -1.26. The van der Waals surface area contributed by atoms with E-state index >= 15 is 0 Å². The molecule has 0 spiro atoms. The van der Waals surface area contributed by atoms with Crippen molar-refractivity contribution in [1.82, 2.24) is 0 Å². The highest BCUT2D eigenvalue weighted by atomic mass is 32.2. The Morgan fingerprint density at radius 1 is 1.15 bits per heavy atom. The molecule has 2 aromatic rings. The summed E-state index contributed by atoms with van der Waals surface area (Å²) in [6.45, 7) is 3.49. The molecule has 0 saturated heterocycles. The quantitative estimate of drug-likeness (QED) is 0.562. The number of sulfonamides is 1. The van der Waals surface area contributed by atoms with Crippen molar-refractivity contribution in [2.24, 2.45) is 0 Å². The molecule has 0 fully saturated rings. The molecule has 0 heterocycles. The van der Waals surface area contributed by atoms with Crippen molar-refractivity contribution in [1.29, 1.82) is 0 Å². The first-order chi connectivity index (χ1) is 12.4. The zero-order valence-electron chi connectivity index (χ0n) is 14.4. The van der Waals surface area contributed by atoms with Crippen LogP contribution in [0, 0.1) is 0 Å². The van der Waals surface area contributed by atoms with Gasteiger partial charge in [0.2, 0.25) is 0 Å². The molecule has 0 radical (unpaired) electrons. The fourth-order valence-corrected chi connectivity index (χ4v) is 3.42. The van der Waals surface area contributed by atoms with Crippen molar-refractivity contribution >= 4 is 21.7 Å². The Morgan fingerprint density at radius 2 is 1.88 bits per heavy atom. The number of hydrogen-bond acceptors (Lipinski definition) is 6. The van der Waals surface area contributed by atoms with Gasteiger partial charge in [-0.25, -0.2) is 13.2 Å². The first-order valence-corrected chi connectivity index (χ1v) is 9.03. The zero-order valence-corrected chi connectivity index (χ0v) is 15.2. The molecule has 0 aliphatic carbocycles. The molecule has 1 N–H and O–H groups in total. The van der Waals surface area contributed by atoms with Crippen molar-refractivity contribution in [3.63, 3.8) is 0 Å². The highest BCUT2D eigenvalue weighted by Gasteiger charge is 2.23. The van der Waals surface area contributed by atoms with Crippen LogP contribution >= 0.6 is 0 Å². The maximum atomic E-state index is 12.8. The van der Waals surface area contributed by atoms with E-state index in [1.54, 1.807) is 18.2 Å². The number of carbonyl (C=O) groups excluding carboxylic acids is 1. The number of rotatable bonds is 8. The molecule has 0 bridgehead atoms. The van der Waals surface area contributed by atoms with Gasteiger partial charge in [0, 0.05) is 6.07 Å². The van der Waals surface area contributed by atoms with Crippen LogP contribution in [0.2, 0.25) is 0 Å². The number of carbonyl (C=O) groups is 1. The van der Waals surface area contributed by atoms with Crippen LogP contribution in [-0.4, -0.2) is 35.2 Å². The number of benzene rings is 2. The van der Waals surface area contributed by atoms with Crippen LogP contribution in [0.3, 0.4) is 0 Å². The molecule has 0 aliphatic heterocycles. The van der Waals surface area contributed by atoms with Crippen LogP contribution in [-0.2, 0) is 14.8 Å². The standard InChI is InChI=1S/C18H19NO6S/c1-4-11-25-18(20)14-7-5-6-8-15(14)19-26(21,22)17-12-13(23-2)9-10-16(17)24-3/h4-10,12,19H,1,11H2,2-3H3. The molecule has 0 atom stereocenters. The summed E-state index contributed by atoms with van der Waals surface area (Å²) in [4.78, 5) is 12.0. The van der Waals surface area contributed by atoms with E-state index in [0.29, 0.717) is 5.75 Å². The van der Waals surface area contributed by atoms with Crippen LogP contribution in [0.1, 0.15) is 10.4 Å². The van der Waals surface area contributed by atoms with Gasteiger partial charge in [-0.15, -0.1) is 0 Å². The van der Waals surface area contributed by atoms with E-state index in [1.807, 2.05) is 0 Å². The van der Waals surface area contributed by atoms with Crippen molar-refractivity contribution in [2.45, 2.75) is 4.90 Å². The van der Waals surface area contributed by atoms with Gasteiger partial charge in [-0.1, -0.05) is 24.8 Å². The molecular weight excluding hydrogens is 358 g/mol. The minimum Gasteiger partial charge on any atom is -0.497 e. The third-order valence-electron chi connectivity index (χ3n) is 3.38. The highest BCUT2D eigenvalue weighted by molar-refractivity contribution is 7.92. The van der Waals surface area contributed by atoms with Crippen molar-refractivity contribution in [3.05, 3.63) is 60.7 Å². The lowest BCUT2D eigenvalue weighted by Gasteiger charge is -2.14. The fourth-order valence-electron chi connectivity index (χ4n) is 2.16. The Balaban J connectivity index is 2.42. The number of methoxy groups -OCH3 is 2. The highest BCUT2D eigenvalue weighted by Crippen LogP contribution is 2.30. The van der Waals surface area contributed by atoms with Gasteiger partial charge in [0.05, 0.1) is 25.5 Å². The smallest absolute Gasteiger partial charge is 0.340 e. The lowest BCUT2D eigenvalue weighted by Crippen LogP contribution is -2.17. The molecule has 0 saturated carbocycles. The molecule has 0 unspecified atom stereocenters. The van der Waals surface area contributed by atoms with Gasteiger partial charge >= 0.3 is 5.97 Å². The SMILES string of the molecule is C=CCOC(=O)c1ccccc1NS(=O)(=O)c1cc(OC)ccc1OC.